The highest BCUT2D eigenvalue weighted by atomic mass is 32.1. The van der Waals surface area contributed by atoms with E-state index in [9.17, 15) is 5.11 Å². The lowest BCUT2D eigenvalue weighted by molar-refractivity contribution is 0.281. The van der Waals surface area contributed by atoms with E-state index >= 15 is 0 Å². The molecule has 0 atom stereocenters. The summed E-state index contributed by atoms with van der Waals surface area (Å²) in [5.74, 6) is 0.905. The fraction of sp³-hybridized carbons (Fsp3) is 0.308. The Hall–Kier alpha value is -1.39. The highest BCUT2D eigenvalue weighted by Crippen LogP contribution is 2.18. The van der Waals surface area contributed by atoms with Crippen molar-refractivity contribution in [2.75, 3.05) is 11.9 Å². The molecule has 0 aromatic carbocycles. The molecule has 90 valence electrons. The van der Waals surface area contributed by atoms with Crippen LogP contribution in [0.4, 0.5) is 5.82 Å². The number of aliphatic hydroxyl groups excluding tert-OH is 1. The van der Waals surface area contributed by atoms with Crippen LogP contribution in [0.25, 0.3) is 0 Å². The predicted octanol–water partition coefficient (Wildman–Crippen LogP) is 2.58. The van der Waals surface area contributed by atoms with Gasteiger partial charge < -0.3 is 10.0 Å². The third-order valence-electron chi connectivity index (χ3n) is 2.55. The van der Waals surface area contributed by atoms with Crippen molar-refractivity contribution in [3.8, 4) is 0 Å². The summed E-state index contributed by atoms with van der Waals surface area (Å²) in [7, 11) is 2.02. The molecule has 0 aliphatic carbocycles. The molecule has 3 nitrogen and oxygen atoms in total. The zero-order valence-corrected chi connectivity index (χ0v) is 10.9. The second-order valence-electron chi connectivity index (χ2n) is 4.07. The molecule has 0 radical (unpaired) electrons. The summed E-state index contributed by atoms with van der Waals surface area (Å²) in [6.07, 6.45) is 0. The number of aliphatic hydroxyl groups is 1. The third-order valence-corrected chi connectivity index (χ3v) is 3.41. The minimum Gasteiger partial charge on any atom is -0.392 e. The van der Waals surface area contributed by atoms with Gasteiger partial charge in [-0.1, -0.05) is 6.07 Å². The van der Waals surface area contributed by atoms with Crippen molar-refractivity contribution in [1.29, 1.82) is 0 Å². The van der Waals surface area contributed by atoms with Crippen molar-refractivity contribution in [2.24, 2.45) is 0 Å². The second-order valence-corrected chi connectivity index (χ2v) is 5.10. The fourth-order valence-electron chi connectivity index (χ4n) is 1.73. The van der Waals surface area contributed by atoms with Crippen LogP contribution in [0.3, 0.4) is 0 Å². The molecule has 0 amide bonds. The fourth-order valence-corrected chi connectivity index (χ4v) is 2.48. The van der Waals surface area contributed by atoms with Crippen LogP contribution in [0.2, 0.25) is 0 Å². The van der Waals surface area contributed by atoms with Crippen LogP contribution >= 0.6 is 11.3 Å². The first-order valence-electron chi connectivity index (χ1n) is 5.51. The molecule has 0 aliphatic rings. The number of aromatic nitrogens is 1. The van der Waals surface area contributed by atoms with Crippen LogP contribution in [0.15, 0.2) is 29.6 Å². The molecule has 0 saturated heterocycles. The molecule has 0 bridgehead atoms. The first-order valence-corrected chi connectivity index (χ1v) is 6.39. The molecule has 0 unspecified atom stereocenters. The Morgan fingerprint density at radius 1 is 1.41 bits per heavy atom. The standard InChI is InChI=1S/C13H16N2OS/c1-10-6-11(9-16)7-13(14-10)15(2)8-12-4-3-5-17-12/h3-7,16H,8-9H2,1-2H3. The van der Waals surface area contributed by atoms with Gasteiger partial charge in [-0.2, -0.15) is 0 Å². The molecule has 0 aliphatic heterocycles. The second kappa shape index (κ2) is 5.29. The van der Waals surface area contributed by atoms with Gasteiger partial charge in [-0.15, -0.1) is 11.3 Å². The number of hydrogen-bond acceptors (Lipinski definition) is 4. The Morgan fingerprint density at radius 2 is 2.24 bits per heavy atom. The minimum absolute atomic E-state index is 0.0587. The predicted molar refractivity (Wildman–Crippen MR) is 71.3 cm³/mol. The van der Waals surface area contributed by atoms with E-state index in [1.54, 1.807) is 11.3 Å². The summed E-state index contributed by atoms with van der Waals surface area (Å²) < 4.78 is 0. The van der Waals surface area contributed by atoms with Crippen molar-refractivity contribution in [1.82, 2.24) is 4.98 Å². The van der Waals surface area contributed by atoms with E-state index < -0.39 is 0 Å². The third kappa shape index (κ3) is 3.05. The molecule has 17 heavy (non-hydrogen) atoms. The molecular weight excluding hydrogens is 232 g/mol. The van der Waals surface area contributed by atoms with Crippen molar-refractivity contribution in [3.63, 3.8) is 0 Å². The zero-order chi connectivity index (χ0) is 12.3. The molecule has 1 N–H and O–H groups in total. The van der Waals surface area contributed by atoms with Gasteiger partial charge in [-0.3, -0.25) is 0 Å². The molecule has 0 spiro atoms. The molecule has 4 heteroatoms. The smallest absolute Gasteiger partial charge is 0.129 e. The minimum atomic E-state index is 0.0587. The normalized spacial score (nSPS) is 10.5. The number of thiophene rings is 1. The van der Waals surface area contributed by atoms with Gasteiger partial charge >= 0.3 is 0 Å². The van der Waals surface area contributed by atoms with Gasteiger partial charge in [0.25, 0.3) is 0 Å². The van der Waals surface area contributed by atoms with Crippen LogP contribution in [0.5, 0.6) is 0 Å². The number of pyridine rings is 1. The molecule has 2 heterocycles. The summed E-state index contributed by atoms with van der Waals surface area (Å²) >= 11 is 1.74. The van der Waals surface area contributed by atoms with E-state index in [0.29, 0.717) is 0 Å². The van der Waals surface area contributed by atoms with Crippen molar-refractivity contribution in [2.45, 2.75) is 20.1 Å². The maximum Gasteiger partial charge on any atom is 0.129 e. The van der Waals surface area contributed by atoms with E-state index in [-0.39, 0.29) is 6.61 Å². The Labute approximate surface area is 105 Å². The monoisotopic (exact) mass is 248 g/mol. The van der Waals surface area contributed by atoms with Crippen LogP contribution < -0.4 is 4.90 Å². The van der Waals surface area contributed by atoms with Gasteiger partial charge in [0.2, 0.25) is 0 Å². The Balaban J connectivity index is 2.18. The molecular formula is C13H16N2OS. The lowest BCUT2D eigenvalue weighted by Gasteiger charge is -2.18. The summed E-state index contributed by atoms with van der Waals surface area (Å²) in [6.45, 7) is 2.85. The van der Waals surface area contributed by atoms with E-state index in [4.69, 9.17) is 0 Å². The number of rotatable bonds is 4. The molecule has 0 saturated carbocycles. The summed E-state index contributed by atoms with van der Waals surface area (Å²) in [4.78, 5) is 7.88. The highest BCUT2D eigenvalue weighted by Gasteiger charge is 2.06. The lowest BCUT2D eigenvalue weighted by atomic mass is 10.2. The quantitative estimate of drug-likeness (QED) is 0.903. The summed E-state index contributed by atoms with van der Waals surface area (Å²) in [5.41, 5.74) is 1.84. The van der Waals surface area contributed by atoms with Gasteiger partial charge in [0.1, 0.15) is 5.82 Å². The van der Waals surface area contributed by atoms with Gasteiger partial charge in [-0.05, 0) is 36.1 Å². The van der Waals surface area contributed by atoms with Crippen molar-refractivity contribution < 1.29 is 5.11 Å². The van der Waals surface area contributed by atoms with Crippen LogP contribution in [0.1, 0.15) is 16.1 Å². The van der Waals surface area contributed by atoms with Crippen LogP contribution in [0, 0.1) is 6.92 Å². The first kappa shape index (κ1) is 12.1. The van der Waals surface area contributed by atoms with Crippen LogP contribution in [-0.4, -0.2) is 17.1 Å². The summed E-state index contributed by atoms with van der Waals surface area (Å²) in [6, 6.07) is 8.00. The maximum absolute atomic E-state index is 9.18. The number of nitrogens with zero attached hydrogens (tertiary/aromatic N) is 2. The topological polar surface area (TPSA) is 36.4 Å². The Bertz CT molecular complexity index is 482. The van der Waals surface area contributed by atoms with E-state index in [2.05, 4.69) is 27.4 Å². The number of hydrogen-bond donors (Lipinski definition) is 1. The SMILES string of the molecule is Cc1cc(CO)cc(N(C)Cc2cccs2)n1. The van der Waals surface area contributed by atoms with E-state index in [1.807, 2.05) is 26.1 Å². The zero-order valence-electron chi connectivity index (χ0n) is 10.1. The van der Waals surface area contributed by atoms with E-state index in [1.165, 1.54) is 4.88 Å². The van der Waals surface area contributed by atoms with Gasteiger partial charge in [0.05, 0.1) is 13.2 Å². The number of aryl methyl sites for hydroxylation is 1. The number of anilines is 1. The first-order chi connectivity index (χ1) is 8.19. The van der Waals surface area contributed by atoms with Crippen LogP contribution in [-0.2, 0) is 13.2 Å². The van der Waals surface area contributed by atoms with Gasteiger partial charge in [-0.25, -0.2) is 4.98 Å². The summed E-state index contributed by atoms with van der Waals surface area (Å²) in [5, 5.41) is 11.3. The average molecular weight is 248 g/mol. The molecule has 2 aromatic heterocycles. The Morgan fingerprint density at radius 3 is 2.88 bits per heavy atom. The molecule has 2 rings (SSSR count). The van der Waals surface area contributed by atoms with Crippen molar-refractivity contribution in [3.05, 3.63) is 45.8 Å². The maximum atomic E-state index is 9.18. The Kier molecular flexibility index (Phi) is 3.76. The van der Waals surface area contributed by atoms with Gasteiger partial charge in [0, 0.05) is 17.6 Å². The largest absolute Gasteiger partial charge is 0.392 e. The lowest BCUT2D eigenvalue weighted by Crippen LogP contribution is -2.17. The molecule has 2 aromatic rings. The average Bonchev–Trinajstić information content (AvgIpc) is 2.81. The van der Waals surface area contributed by atoms with Gasteiger partial charge in [0.15, 0.2) is 0 Å². The van der Waals surface area contributed by atoms with E-state index in [0.717, 1.165) is 23.6 Å². The highest BCUT2D eigenvalue weighted by molar-refractivity contribution is 7.09. The molecule has 0 fully saturated rings. The van der Waals surface area contributed by atoms with Crippen molar-refractivity contribution >= 4 is 17.2 Å².